The quantitative estimate of drug-likeness (QED) is 0.836. The van der Waals surface area contributed by atoms with Gasteiger partial charge < -0.3 is 10.6 Å². The van der Waals surface area contributed by atoms with E-state index in [0.717, 1.165) is 32.5 Å². The number of benzene rings is 1. The highest BCUT2D eigenvalue weighted by Crippen LogP contribution is 2.22. The lowest BCUT2D eigenvalue weighted by Crippen LogP contribution is -2.51. The van der Waals surface area contributed by atoms with E-state index in [0.29, 0.717) is 6.04 Å². The Balaban J connectivity index is 2.03. The van der Waals surface area contributed by atoms with Gasteiger partial charge in [0.1, 0.15) is 0 Å². The number of rotatable bonds is 7. The van der Waals surface area contributed by atoms with Crippen LogP contribution in [0.25, 0.3) is 0 Å². The van der Waals surface area contributed by atoms with Crippen LogP contribution in [0.3, 0.4) is 0 Å². The topological polar surface area (TPSA) is 49.6 Å². The fourth-order valence-corrected chi connectivity index (χ4v) is 3.34. The third kappa shape index (κ3) is 4.81. The van der Waals surface area contributed by atoms with Gasteiger partial charge in [0.05, 0.1) is 6.04 Å². The highest BCUT2D eigenvalue weighted by Gasteiger charge is 2.34. The van der Waals surface area contributed by atoms with Gasteiger partial charge in [-0.1, -0.05) is 44.2 Å². The normalized spacial score (nSPS) is 19.5. The molecular weight excluding hydrogens is 298 g/mol. The summed E-state index contributed by atoms with van der Waals surface area (Å²) in [6.45, 7) is 11.2. The maximum Gasteiger partial charge on any atom is 0.240 e. The molecule has 0 bridgehead atoms. The van der Waals surface area contributed by atoms with Crippen molar-refractivity contribution in [2.75, 3.05) is 13.1 Å². The number of nitrogens with two attached hydrogens (primary N) is 1. The molecule has 1 aromatic carbocycles. The van der Waals surface area contributed by atoms with Crippen molar-refractivity contribution in [1.29, 1.82) is 0 Å². The summed E-state index contributed by atoms with van der Waals surface area (Å²) in [5.41, 5.74) is 7.43. The van der Waals surface area contributed by atoms with Crippen LogP contribution in [0.1, 0.15) is 46.1 Å². The number of carbonyl (C=O) groups is 1. The minimum atomic E-state index is -0.382. The lowest BCUT2D eigenvalue weighted by molar-refractivity contribution is -0.134. The molecule has 1 aliphatic heterocycles. The molecule has 0 aromatic heterocycles. The highest BCUT2D eigenvalue weighted by molar-refractivity contribution is 5.82. The summed E-state index contributed by atoms with van der Waals surface area (Å²) in [7, 11) is 0. The SMILES string of the molecule is CC(C)C(N)C(=O)N1CCC[C@H]1CN(Cc1ccccc1)C(C)C. The molecule has 0 spiro atoms. The lowest BCUT2D eigenvalue weighted by atomic mass is 10.0. The largest absolute Gasteiger partial charge is 0.337 e. The van der Waals surface area contributed by atoms with Gasteiger partial charge in [-0.15, -0.1) is 0 Å². The molecule has 2 N–H and O–H groups in total. The van der Waals surface area contributed by atoms with Crippen molar-refractivity contribution in [3.63, 3.8) is 0 Å². The van der Waals surface area contributed by atoms with Crippen LogP contribution in [0.5, 0.6) is 0 Å². The molecule has 2 atom stereocenters. The van der Waals surface area contributed by atoms with Crippen LogP contribution in [0, 0.1) is 5.92 Å². The average molecular weight is 332 g/mol. The fourth-order valence-electron chi connectivity index (χ4n) is 3.34. The maximum atomic E-state index is 12.7. The van der Waals surface area contributed by atoms with Gasteiger partial charge in [0.15, 0.2) is 0 Å². The first-order valence-corrected chi connectivity index (χ1v) is 9.24. The summed E-state index contributed by atoms with van der Waals surface area (Å²) in [4.78, 5) is 17.2. The Hall–Kier alpha value is -1.39. The number of hydrogen-bond donors (Lipinski definition) is 1. The Kier molecular flexibility index (Phi) is 6.81. The van der Waals surface area contributed by atoms with Crippen molar-refractivity contribution in [1.82, 2.24) is 9.80 Å². The second-order valence-corrected chi connectivity index (χ2v) is 7.61. The van der Waals surface area contributed by atoms with Gasteiger partial charge in [0, 0.05) is 31.7 Å². The molecule has 24 heavy (non-hydrogen) atoms. The standard InChI is InChI=1S/C20H33N3O/c1-15(2)19(21)20(24)23-12-8-11-18(23)14-22(16(3)4)13-17-9-6-5-7-10-17/h5-7,9-10,15-16,18-19H,8,11-14,21H2,1-4H3/t18-,19?/m0/s1. The highest BCUT2D eigenvalue weighted by atomic mass is 16.2. The molecule has 1 aromatic rings. The van der Waals surface area contributed by atoms with Crippen molar-refractivity contribution in [2.24, 2.45) is 11.7 Å². The number of amides is 1. The van der Waals surface area contributed by atoms with Crippen LogP contribution in [0.2, 0.25) is 0 Å². The molecule has 0 radical (unpaired) electrons. The van der Waals surface area contributed by atoms with Gasteiger partial charge in [-0.2, -0.15) is 0 Å². The molecule has 1 amide bonds. The zero-order chi connectivity index (χ0) is 17.7. The van der Waals surface area contributed by atoms with Gasteiger partial charge >= 0.3 is 0 Å². The van der Waals surface area contributed by atoms with Gasteiger partial charge in [-0.05, 0) is 38.2 Å². The molecule has 1 aliphatic rings. The van der Waals surface area contributed by atoms with Crippen molar-refractivity contribution < 1.29 is 4.79 Å². The van der Waals surface area contributed by atoms with Crippen molar-refractivity contribution in [2.45, 2.75) is 65.2 Å². The second kappa shape index (κ2) is 8.63. The molecule has 1 saturated heterocycles. The maximum absolute atomic E-state index is 12.7. The Bertz CT molecular complexity index is 515. The zero-order valence-corrected chi connectivity index (χ0v) is 15.6. The van der Waals surface area contributed by atoms with E-state index in [2.05, 4.69) is 43.0 Å². The molecule has 134 valence electrons. The summed E-state index contributed by atoms with van der Waals surface area (Å²) < 4.78 is 0. The number of hydrogen-bond acceptors (Lipinski definition) is 3. The molecule has 1 heterocycles. The van der Waals surface area contributed by atoms with Gasteiger partial charge in [-0.3, -0.25) is 9.69 Å². The van der Waals surface area contributed by atoms with Crippen LogP contribution < -0.4 is 5.73 Å². The molecule has 4 nitrogen and oxygen atoms in total. The third-order valence-electron chi connectivity index (χ3n) is 5.07. The zero-order valence-electron chi connectivity index (χ0n) is 15.6. The molecule has 4 heteroatoms. The number of nitrogens with zero attached hydrogens (tertiary/aromatic N) is 2. The van der Waals surface area contributed by atoms with E-state index in [1.807, 2.05) is 24.8 Å². The first-order chi connectivity index (χ1) is 11.4. The van der Waals surface area contributed by atoms with E-state index >= 15 is 0 Å². The second-order valence-electron chi connectivity index (χ2n) is 7.61. The van der Waals surface area contributed by atoms with Crippen LogP contribution in [0.4, 0.5) is 0 Å². The van der Waals surface area contributed by atoms with E-state index < -0.39 is 0 Å². The van der Waals surface area contributed by atoms with E-state index in [4.69, 9.17) is 5.73 Å². The van der Waals surface area contributed by atoms with E-state index in [1.54, 1.807) is 0 Å². The number of carbonyl (C=O) groups excluding carboxylic acids is 1. The van der Waals surface area contributed by atoms with Crippen LogP contribution in [-0.2, 0) is 11.3 Å². The van der Waals surface area contributed by atoms with E-state index in [9.17, 15) is 4.79 Å². The van der Waals surface area contributed by atoms with E-state index in [-0.39, 0.29) is 23.9 Å². The average Bonchev–Trinajstić information content (AvgIpc) is 3.01. The Labute approximate surface area is 147 Å². The summed E-state index contributed by atoms with van der Waals surface area (Å²) >= 11 is 0. The van der Waals surface area contributed by atoms with Crippen LogP contribution in [0.15, 0.2) is 30.3 Å². The van der Waals surface area contributed by atoms with E-state index in [1.165, 1.54) is 5.56 Å². The van der Waals surface area contributed by atoms with Crippen molar-refractivity contribution in [3.05, 3.63) is 35.9 Å². The van der Waals surface area contributed by atoms with Gasteiger partial charge in [0.25, 0.3) is 0 Å². The minimum absolute atomic E-state index is 0.121. The first kappa shape index (κ1) is 18.9. The molecule has 0 aliphatic carbocycles. The molecule has 1 fully saturated rings. The summed E-state index contributed by atoms with van der Waals surface area (Å²) in [6, 6.07) is 10.9. The monoisotopic (exact) mass is 331 g/mol. The predicted molar refractivity (Wildman–Crippen MR) is 99.5 cm³/mol. The predicted octanol–water partition coefficient (Wildman–Crippen LogP) is 2.87. The summed E-state index contributed by atoms with van der Waals surface area (Å²) in [6.07, 6.45) is 2.16. The first-order valence-electron chi connectivity index (χ1n) is 9.24. The van der Waals surface area contributed by atoms with Crippen LogP contribution in [-0.4, -0.2) is 46.9 Å². The third-order valence-corrected chi connectivity index (χ3v) is 5.07. The summed E-state index contributed by atoms with van der Waals surface area (Å²) in [5, 5.41) is 0. The molecule has 0 saturated carbocycles. The molecule has 2 rings (SSSR count). The van der Waals surface area contributed by atoms with Crippen molar-refractivity contribution in [3.8, 4) is 0 Å². The van der Waals surface area contributed by atoms with Crippen LogP contribution >= 0.6 is 0 Å². The number of likely N-dealkylation sites (tertiary alicyclic amines) is 1. The smallest absolute Gasteiger partial charge is 0.240 e. The van der Waals surface area contributed by atoms with Crippen molar-refractivity contribution >= 4 is 5.91 Å². The Morgan fingerprint density at radius 2 is 1.92 bits per heavy atom. The molecular formula is C20H33N3O. The fraction of sp³-hybridized carbons (Fsp3) is 0.650. The lowest BCUT2D eigenvalue weighted by Gasteiger charge is -2.34. The minimum Gasteiger partial charge on any atom is -0.337 e. The Morgan fingerprint density at radius 3 is 2.50 bits per heavy atom. The Morgan fingerprint density at radius 1 is 1.25 bits per heavy atom. The van der Waals surface area contributed by atoms with Gasteiger partial charge in [-0.25, -0.2) is 0 Å². The summed E-state index contributed by atoms with van der Waals surface area (Å²) in [5.74, 6) is 0.306. The molecule has 1 unspecified atom stereocenters. The van der Waals surface area contributed by atoms with Gasteiger partial charge in [0.2, 0.25) is 5.91 Å².